The number of ether oxygens (including phenoxy) is 1. The average Bonchev–Trinajstić information content (AvgIpc) is 2.31. The molecule has 0 bridgehead atoms. The van der Waals surface area contributed by atoms with Gasteiger partial charge >= 0.3 is 0 Å². The van der Waals surface area contributed by atoms with Gasteiger partial charge in [-0.3, -0.25) is 0 Å². The summed E-state index contributed by atoms with van der Waals surface area (Å²) in [6.07, 6.45) is 0. The minimum absolute atomic E-state index is 0.943. The van der Waals surface area contributed by atoms with Gasteiger partial charge in [0.15, 0.2) is 0 Å². The third kappa shape index (κ3) is 2.08. The first-order chi connectivity index (χ1) is 7.70. The van der Waals surface area contributed by atoms with E-state index in [0.29, 0.717) is 0 Å². The van der Waals surface area contributed by atoms with Crippen molar-refractivity contribution in [2.75, 3.05) is 7.11 Å². The highest BCUT2D eigenvalue weighted by molar-refractivity contribution is 5.66. The Morgan fingerprint density at radius 3 is 2.06 bits per heavy atom. The van der Waals surface area contributed by atoms with Crippen LogP contribution in [0.4, 0.5) is 0 Å². The highest BCUT2D eigenvalue weighted by Crippen LogP contribution is 2.26. The molecule has 82 valence electrons. The van der Waals surface area contributed by atoms with E-state index in [1.807, 2.05) is 0 Å². The van der Waals surface area contributed by atoms with E-state index in [-0.39, 0.29) is 0 Å². The van der Waals surface area contributed by atoms with Crippen molar-refractivity contribution in [2.45, 2.75) is 13.8 Å². The molecule has 0 amide bonds. The fourth-order valence-electron chi connectivity index (χ4n) is 1.75. The van der Waals surface area contributed by atoms with Gasteiger partial charge in [0.2, 0.25) is 0 Å². The molecule has 0 N–H and O–H groups in total. The normalized spacial score (nSPS) is 10.2. The van der Waals surface area contributed by atoms with Gasteiger partial charge in [-0.15, -0.1) is 0 Å². The van der Waals surface area contributed by atoms with Crippen LogP contribution < -0.4 is 4.74 Å². The third-order valence-electron chi connectivity index (χ3n) is 2.79. The first-order valence-corrected chi connectivity index (χ1v) is 5.42. The van der Waals surface area contributed by atoms with Gasteiger partial charge in [0.25, 0.3) is 0 Å². The van der Waals surface area contributed by atoms with Gasteiger partial charge in [0.1, 0.15) is 5.75 Å². The molecule has 0 heterocycles. The summed E-state index contributed by atoms with van der Waals surface area (Å²) in [5.74, 6) is 0.943. The van der Waals surface area contributed by atoms with Crippen molar-refractivity contribution < 1.29 is 4.74 Å². The minimum Gasteiger partial charge on any atom is -0.496 e. The molecule has 0 fully saturated rings. The molecule has 2 rings (SSSR count). The summed E-state index contributed by atoms with van der Waals surface area (Å²) >= 11 is 0. The Kier molecular flexibility index (Phi) is 2.95. The van der Waals surface area contributed by atoms with E-state index in [4.69, 9.17) is 4.74 Å². The van der Waals surface area contributed by atoms with E-state index in [9.17, 15) is 0 Å². The van der Waals surface area contributed by atoms with Gasteiger partial charge in [-0.05, 0) is 36.6 Å². The lowest BCUT2D eigenvalue weighted by molar-refractivity contribution is 0.412. The predicted octanol–water partition coefficient (Wildman–Crippen LogP) is 3.98. The molecule has 0 saturated carbocycles. The molecule has 0 unspecified atom stereocenters. The number of rotatable bonds is 2. The van der Waals surface area contributed by atoms with Crippen LogP contribution in [0.1, 0.15) is 11.1 Å². The first-order valence-electron chi connectivity index (χ1n) is 5.42. The van der Waals surface area contributed by atoms with Crippen molar-refractivity contribution in [3.63, 3.8) is 0 Å². The second-order valence-electron chi connectivity index (χ2n) is 4.05. The molecule has 0 aliphatic rings. The maximum atomic E-state index is 5.33. The van der Waals surface area contributed by atoms with Crippen LogP contribution in [0.5, 0.6) is 5.75 Å². The van der Waals surface area contributed by atoms with Gasteiger partial charge < -0.3 is 4.74 Å². The number of aryl methyl sites for hydroxylation is 2. The smallest absolute Gasteiger partial charge is 0.122 e. The van der Waals surface area contributed by atoms with Crippen LogP contribution in [-0.4, -0.2) is 7.11 Å². The second-order valence-corrected chi connectivity index (χ2v) is 4.05. The van der Waals surface area contributed by atoms with Gasteiger partial charge in [-0.1, -0.05) is 42.0 Å². The molecule has 1 nitrogen and oxygen atoms in total. The fraction of sp³-hybridized carbons (Fsp3) is 0.200. The maximum Gasteiger partial charge on any atom is 0.122 e. The van der Waals surface area contributed by atoms with Gasteiger partial charge in [0.05, 0.1) is 7.11 Å². The zero-order chi connectivity index (χ0) is 11.5. The molecule has 0 aromatic heterocycles. The Hall–Kier alpha value is -1.76. The topological polar surface area (TPSA) is 9.23 Å². The molecule has 0 aliphatic heterocycles. The van der Waals surface area contributed by atoms with Crippen molar-refractivity contribution in [3.8, 4) is 16.9 Å². The summed E-state index contributed by atoms with van der Waals surface area (Å²) in [5.41, 5.74) is 4.87. The molecule has 1 heteroatoms. The second kappa shape index (κ2) is 4.40. The SMILES string of the molecule is COc1cc(-c2ccc(C)cc2)ccc1C. The largest absolute Gasteiger partial charge is 0.496 e. The van der Waals surface area contributed by atoms with Crippen LogP contribution in [0.15, 0.2) is 42.5 Å². The number of hydrogen-bond acceptors (Lipinski definition) is 1. The first kappa shape index (κ1) is 10.7. The average molecular weight is 212 g/mol. The molecule has 0 saturated heterocycles. The molecule has 0 atom stereocenters. The van der Waals surface area contributed by atoms with Crippen LogP contribution in [0.25, 0.3) is 11.1 Å². The Morgan fingerprint density at radius 1 is 0.812 bits per heavy atom. The number of hydrogen-bond donors (Lipinski definition) is 0. The molecular formula is C15H16O. The summed E-state index contributed by atoms with van der Waals surface area (Å²) in [4.78, 5) is 0. The van der Waals surface area contributed by atoms with Crippen molar-refractivity contribution >= 4 is 0 Å². The van der Waals surface area contributed by atoms with Crippen molar-refractivity contribution in [3.05, 3.63) is 53.6 Å². The van der Waals surface area contributed by atoms with Crippen molar-refractivity contribution in [1.29, 1.82) is 0 Å². The Balaban J connectivity index is 2.44. The van der Waals surface area contributed by atoms with E-state index in [0.717, 1.165) is 5.75 Å². The lowest BCUT2D eigenvalue weighted by Crippen LogP contribution is -1.88. The van der Waals surface area contributed by atoms with E-state index in [2.05, 4.69) is 56.3 Å². The van der Waals surface area contributed by atoms with Crippen LogP contribution in [0.2, 0.25) is 0 Å². The third-order valence-corrected chi connectivity index (χ3v) is 2.79. The summed E-state index contributed by atoms with van der Waals surface area (Å²) < 4.78 is 5.33. The van der Waals surface area contributed by atoms with Crippen LogP contribution >= 0.6 is 0 Å². The molecule has 2 aromatic carbocycles. The Morgan fingerprint density at radius 2 is 1.44 bits per heavy atom. The highest BCUT2D eigenvalue weighted by atomic mass is 16.5. The molecule has 0 spiro atoms. The number of benzene rings is 2. The maximum absolute atomic E-state index is 5.33. The molecule has 16 heavy (non-hydrogen) atoms. The minimum atomic E-state index is 0.943. The molecule has 0 radical (unpaired) electrons. The number of methoxy groups -OCH3 is 1. The van der Waals surface area contributed by atoms with E-state index < -0.39 is 0 Å². The standard InChI is InChI=1S/C15H16O/c1-11-4-7-13(8-5-11)14-9-6-12(2)15(10-14)16-3/h4-10H,1-3H3. The van der Waals surface area contributed by atoms with Gasteiger partial charge in [0, 0.05) is 0 Å². The fourth-order valence-corrected chi connectivity index (χ4v) is 1.75. The summed E-state index contributed by atoms with van der Waals surface area (Å²) in [6, 6.07) is 14.8. The highest BCUT2D eigenvalue weighted by Gasteiger charge is 2.02. The monoisotopic (exact) mass is 212 g/mol. The van der Waals surface area contributed by atoms with Gasteiger partial charge in [-0.25, -0.2) is 0 Å². The van der Waals surface area contributed by atoms with Crippen LogP contribution in [-0.2, 0) is 0 Å². The van der Waals surface area contributed by atoms with E-state index in [1.54, 1.807) is 7.11 Å². The van der Waals surface area contributed by atoms with Crippen molar-refractivity contribution in [1.82, 2.24) is 0 Å². The van der Waals surface area contributed by atoms with Crippen molar-refractivity contribution in [2.24, 2.45) is 0 Å². The summed E-state index contributed by atoms with van der Waals surface area (Å²) in [5, 5.41) is 0. The Bertz CT molecular complexity index is 483. The molecule has 0 aliphatic carbocycles. The zero-order valence-electron chi connectivity index (χ0n) is 9.95. The summed E-state index contributed by atoms with van der Waals surface area (Å²) in [6.45, 7) is 4.15. The van der Waals surface area contributed by atoms with Gasteiger partial charge in [-0.2, -0.15) is 0 Å². The van der Waals surface area contributed by atoms with Crippen LogP contribution in [0.3, 0.4) is 0 Å². The predicted molar refractivity (Wildman–Crippen MR) is 67.9 cm³/mol. The quantitative estimate of drug-likeness (QED) is 0.731. The molecular weight excluding hydrogens is 196 g/mol. The molecule has 2 aromatic rings. The summed E-state index contributed by atoms with van der Waals surface area (Å²) in [7, 11) is 1.71. The van der Waals surface area contributed by atoms with E-state index in [1.165, 1.54) is 22.3 Å². The van der Waals surface area contributed by atoms with Crippen LogP contribution in [0, 0.1) is 13.8 Å². The Labute approximate surface area is 96.7 Å². The zero-order valence-corrected chi connectivity index (χ0v) is 9.95. The lowest BCUT2D eigenvalue weighted by Gasteiger charge is -2.08. The van der Waals surface area contributed by atoms with E-state index >= 15 is 0 Å². The lowest BCUT2D eigenvalue weighted by atomic mass is 10.0.